The van der Waals surface area contributed by atoms with Crippen molar-refractivity contribution in [2.45, 2.75) is 33.7 Å². The number of carbonyl (C=O) groups is 2. The van der Waals surface area contributed by atoms with Crippen LogP contribution in [0.3, 0.4) is 0 Å². The highest BCUT2D eigenvalue weighted by Gasteiger charge is 2.18. The van der Waals surface area contributed by atoms with Crippen molar-refractivity contribution in [3.05, 3.63) is 0 Å². The average molecular weight is 304 g/mol. The molecule has 0 spiro atoms. The summed E-state index contributed by atoms with van der Waals surface area (Å²) in [5.74, 6) is 1.31. The van der Waals surface area contributed by atoms with E-state index in [0.717, 1.165) is 13.1 Å². The minimum Gasteiger partial charge on any atom is -0.468 e. The van der Waals surface area contributed by atoms with E-state index in [1.807, 2.05) is 4.90 Å². The molecule has 0 aromatic heterocycles. The molecule has 0 saturated carbocycles. The highest BCUT2D eigenvalue weighted by Crippen LogP contribution is 2.09. The molecular formula is C14H28N2O3S. The first-order valence-corrected chi connectivity index (χ1v) is 8.12. The normalized spacial score (nSPS) is 12.6. The van der Waals surface area contributed by atoms with E-state index >= 15 is 0 Å². The molecule has 1 amide bonds. The molecule has 0 aromatic rings. The van der Waals surface area contributed by atoms with Gasteiger partial charge in [0.15, 0.2) is 0 Å². The third-order valence-corrected chi connectivity index (χ3v) is 3.60. The average Bonchev–Trinajstić information content (AvgIpc) is 2.35. The number of ether oxygens (including phenoxy) is 1. The lowest BCUT2D eigenvalue weighted by molar-refractivity contribution is -0.141. The summed E-state index contributed by atoms with van der Waals surface area (Å²) in [6, 6.07) is -0.665. The van der Waals surface area contributed by atoms with Crippen molar-refractivity contribution in [3.8, 4) is 0 Å². The summed E-state index contributed by atoms with van der Waals surface area (Å²) in [7, 11) is 1.31. The van der Waals surface area contributed by atoms with Crippen molar-refractivity contribution >= 4 is 23.6 Å². The first-order chi connectivity index (χ1) is 9.27. The molecule has 0 radical (unpaired) electrons. The Morgan fingerprint density at radius 1 is 1.15 bits per heavy atom. The number of carbonyl (C=O) groups excluding carboxylic acids is 2. The first kappa shape index (κ1) is 19.2. The second kappa shape index (κ2) is 10.0. The van der Waals surface area contributed by atoms with Crippen LogP contribution in [0.15, 0.2) is 0 Å². The number of hydrogen-bond acceptors (Lipinski definition) is 5. The van der Waals surface area contributed by atoms with Gasteiger partial charge in [0.05, 0.1) is 12.9 Å². The van der Waals surface area contributed by atoms with Gasteiger partial charge >= 0.3 is 5.97 Å². The van der Waals surface area contributed by atoms with E-state index < -0.39 is 12.0 Å². The predicted octanol–water partition coefficient (Wildman–Crippen LogP) is 1.36. The number of amides is 1. The van der Waals surface area contributed by atoms with E-state index in [1.165, 1.54) is 18.9 Å². The van der Waals surface area contributed by atoms with E-state index in [1.54, 1.807) is 0 Å². The molecule has 0 aliphatic heterocycles. The summed E-state index contributed by atoms with van der Waals surface area (Å²) >= 11 is 1.38. The van der Waals surface area contributed by atoms with E-state index in [-0.39, 0.29) is 5.91 Å². The van der Waals surface area contributed by atoms with Crippen molar-refractivity contribution in [1.82, 2.24) is 4.90 Å². The fourth-order valence-corrected chi connectivity index (χ4v) is 2.61. The molecule has 0 fully saturated rings. The quantitative estimate of drug-likeness (QED) is 0.651. The lowest BCUT2D eigenvalue weighted by Gasteiger charge is -2.26. The van der Waals surface area contributed by atoms with E-state index in [9.17, 15) is 9.59 Å². The summed E-state index contributed by atoms with van der Waals surface area (Å²) < 4.78 is 4.55. The monoisotopic (exact) mass is 304 g/mol. The molecule has 20 heavy (non-hydrogen) atoms. The molecule has 118 valence electrons. The molecule has 0 rings (SSSR count). The fraction of sp³-hybridized carbons (Fsp3) is 0.857. The largest absolute Gasteiger partial charge is 0.468 e. The number of nitrogens with two attached hydrogens (primary N) is 1. The summed E-state index contributed by atoms with van der Waals surface area (Å²) in [4.78, 5) is 25.2. The zero-order chi connectivity index (χ0) is 15.7. The van der Waals surface area contributed by atoms with Crippen molar-refractivity contribution < 1.29 is 14.3 Å². The van der Waals surface area contributed by atoms with Crippen LogP contribution in [0.25, 0.3) is 0 Å². The van der Waals surface area contributed by atoms with Gasteiger partial charge in [-0.05, 0) is 11.8 Å². The van der Waals surface area contributed by atoms with Crippen LogP contribution in [0.5, 0.6) is 0 Å². The zero-order valence-electron chi connectivity index (χ0n) is 13.2. The van der Waals surface area contributed by atoms with Gasteiger partial charge in [0.1, 0.15) is 6.04 Å². The SMILES string of the molecule is COC(=O)C(N)CSCC(=O)N(CC(C)C)CC(C)C. The minimum atomic E-state index is -0.665. The molecular weight excluding hydrogens is 276 g/mol. The van der Waals surface area contributed by atoms with Crippen molar-refractivity contribution in [1.29, 1.82) is 0 Å². The number of esters is 1. The van der Waals surface area contributed by atoms with Gasteiger partial charge in [-0.15, -0.1) is 11.8 Å². The Bertz CT molecular complexity index is 299. The van der Waals surface area contributed by atoms with Gasteiger partial charge in [-0.25, -0.2) is 0 Å². The predicted molar refractivity (Wildman–Crippen MR) is 83.6 cm³/mol. The van der Waals surface area contributed by atoms with Crippen LogP contribution in [-0.4, -0.2) is 54.5 Å². The second-order valence-electron chi connectivity index (χ2n) is 5.73. The maximum absolute atomic E-state index is 12.2. The Kier molecular flexibility index (Phi) is 9.67. The standard InChI is InChI=1S/C14H28N2O3S/c1-10(2)6-16(7-11(3)4)13(17)9-20-8-12(15)14(18)19-5/h10-12H,6-9,15H2,1-5H3. The van der Waals surface area contributed by atoms with Gasteiger partial charge in [-0.2, -0.15) is 0 Å². The molecule has 0 aliphatic carbocycles. The van der Waals surface area contributed by atoms with Crippen LogP contribution >= 0.6 is 11.8 Å². The number of methoxy groups -OCH3 is 1. The Balaban J connectivity index is 4.22. The Hall–Kier alpha value is -0.750. The van der Waals surface area contributed by atoms with E-state index in [0.29, 0.717) is 23.3 Å². The van der Waals surface area contributed by atoms with Gasteiger partial charge in [-0.1, -0.05) is 27.7 Å². The van der Waals surface area contributed by atoms with Crippen molar-refractivity contribution in [2.75, 3.05) is 31.7 Å². The summed E-state index contributed by atoms with van der Waals surface area (Å²) in [5, 5.41) is 0. The molecule has 0 aliphatic rings. The summed E-state index contributed by atoms with van der Waals surface area (Å²) in [6.07, 6.45) is 0. The van der Waals surface area contributed by atoms with Gasteiger partial charge < -0.3 is 15.4 Å². The maximum Gasteiger partial charge on any atom is 0.323 e. The maximum atomic E-state index is 12.2. The molecule has 0 aromatic carbocycles. The Morgan fingerprint density at radius 3 is 2.05 bits per heavy atom. The number of nitrogens with zero attached hydrogens (tertiary/aromatic N) is 1. The van der Waals surface area contributed by atoms with Crippen molar-refractivity contribution in [2.24, 2.45) is 17.6 Å². The Morgan fingerprint density at radius 2 is 1.65 bits per heavy atom. The number of rotatable bonds is 9. The van der Waals surface area contributed by atoms with Gasteiger partial charge in [0, 0.05) is 18.8 Å². The highest BCUT2D eigenvalue weighted by atomic mass is 32.2. The Labute approximate surface area is 126 Å². The molecule has 2 N–H and O–H groups in total. The minimum absolute atomic E-state index is 0.106. The molecule has 1 atom stereocenters. The summed E-state index contributed by atoms with van der Waals surface area (Å²) in [5.41, 5.74) is 5.63. The van der Waals surface area contributed by atoms with Crippen LogP contribution in [-0.2, 0) is 14.3 Å². The van der Waals surface area contributed by atoms with Gasteiger partial charge in [0.25, 0.3) is 0 Å². The number of hydrogen-bond donors (Lipinski definition) is 1. The molecule has 6 heteroatoms. The van der Waals surface area contributed by atoms with Crippen LogP contribution in [0, 0.1) is 11.8 Å². The number of thioether (sulfide) groups is 1. The van der Waals surface area contributed by atoms with Crippen molar-refractivity contribution in [3.63, 3.8) is 0 Å². The third-order valence-electron chi connectivity index (χ3n) is 2.55. The van der Waals surface area contributed by atoms with Gasteiger partial charge in [0.2, 0.25) is 5.91 Å². The second-order valence-corrected chi connectivity index (χ2v) is 6.76. The molecule has 0 heterocycles. The lowest BCUT2D eigenvalue weighted by atomic mass is 10.1. The van der Waals surface area contributed by atoms with E-state index in [4.69, 9.17) is 5.73 Å². The zero-order valence-corrected chi connectivity index (χ0v) is 14.0. The summed E-state index contributed by atoms with van der Waals surface area (Å²) in [6.45, 7) is 9.92. The highest BCUT2D eigenvalue weighted by molar-refractivity contribution is 8.00. The van der Waals surface area contributed by atoms with Crippen LogP contribution in [0.1, 0.15) is 27.7 Å². The fourth-order valence-electron chi connectivity index (χ4n) is 1.74. The molecule has 1 unspecified atom stereocenters. The van der Waals surface area contributed by atoms with Crippen LogP contribution in [0.2, 0.25) is 0 Å². The first-order valence-electron chi connectivity index (χ1n) is 6.96. The smallest absolute Gasteiger partial charge is 0.323 e. The van der Waals surface area contributed by atoms with Crippen LogP contribution in [0.4, 0.5) is 0 Å². The molecule has 0 bridgehead atoms. The van der Waals surface area contributed by atoms with E-state index in [2.05, 4.69) is 32.4 Å². The molecule has 5 nitrogen and oxygen atoms in total. The third kappa shape index (κ3) is 8.43. The molecule has 0 saturated heterocycles. The van der Waals surface area contributed by atoms with Crippen LogP contribution < -0.4 is 5.73 Å². The van der Waals surface area contributed by atoms with Gasteiger partial charge in [-0.3, -0.25) is 9.59 Å². The topological polar surface area (TPSA) is 72.6 Å². The lowest BCUT2D eigenvalue weighted by Crippen LogP contribution is -2.39.